The van der Waals surface area contributed by atoms with Gasteiger partial charge in [-0.05, 0) is 12.8 Å². The lowest BCUT2D eigenvalue weighted by molar-refractivity contribution is 0.296. The summed E-state index contributed by atoms with van der Waals surface area (Å²) in [4.78, 5) is 10.3. The van der Waals surface area contributed by atoms with Crippen LogP contribution in [0.2, 0.25) is 0 Å². The number of aliphatic hydroxyl groups is 1. The number of ether oxygens (including phenoxy) is 1. The first-order valence-corrected chi connectivity index (χ1v) is 6.30. The van der Waals surface area contributed by atoms with Gasteiger partial charge in [0.25, 0.3) is 0 Å². The maximum Gasteiger partial charge on any atom is 0.204 e. The second-order valence-corrected chi connectivity index (χ2v) is 4.47. The molecule has 1 saturated carbocycles. The number of anilines is 2. The van der Waals surface area contributed by atoms with Crippen molar-refractivity contribution in [1.29, 1.82) is 0 Å². The number of nitrogens with two attached hydrogens (primary N) is 1. The lowest BCUT2D eigenvalue weighted by Crippen LogP contribution is -2.36. The van der Waals surface area contributed by atoms with Crippen molar-refractivity contribution in [2.75, 3.05) is 30.9 Å². The Morgan fingerprint density at radius 1 is 1.44 bits per heavy atom. The zero-order chi connectivity index (χ0) is 13.0. The van der Waals surface area contributed by atoms with Crippen molar-refractivity contribution in [1.82, 2.24) is 9.97 Å². The quantitative estimate of drug-likeness (QED) is 0.806. The summed E-state index contributed by atoms with van der Waals surface area (Å²) in [6.45, 7) is 0.626. The molecule has 1 aliphatic rings. The van der Waals surface area contributed by atoms with E-state index in [9.17, 15) is 5.11 Å². The van der Waals surface area contributed by atoms with Crippen LogP contribution < -0.4 is 15.4 Å². The summed E-state index contributed by atoms with van der Waals surface area (Å²) in [5, 5.41) is 9.23. The average Bonchev–Trinajstić information content (AvgIpc) is 2.89. The van der Waals surface area contributed by atoms with E-state index in [1.807, 2.05) is 0 Å². The van der Waals surface area contributed by atoms with Gasteiger partial charge in [-0.2, -0.15) is 0 Å². The van der Waals surface area contributed by atoms with Crippen LogP contribution in [-0.4, -0.2) is 41.4 Å². The zero-order valence-corrected chi connectivity index (χ0v) is 10.7. The Bertz CT molecular complexity index is 394. The number of aromatic nitrogens is 2. The molecule has 0 amide bonds. The molecule has 6 heteroatoms. The molecule has 1 fully saturated rings. The lowest BCUT2D eigenvalue weighted by Gasteiger charge is -2.30. The van der Waals surface area contributed by atoms with Gasteiger partial charge in [0.1, 0.15) is 6.33 Å². The van der Waals surface area contributed by atoms with Crippen LogP contribution in [0.15, 0.2) is 6.33 Å². The summed E-state index contributed by atoms with van der Waals surface area (Å²) < 4.78 is 5.29. The first-order chi connectivity index (χ1) is 8.77. The van der Waals surface area contributed by atoms with Gasteiger partial charge in [-0.3, -0.25) is 0 Å². The third kappa shape index (κ3) is 2.48. The Hall–Kier alpha value is -1.56. The fourth-order valence-corrected chi connectivity index (χ4v) is 2.56. The lowest BCUT2D eigenvalue weighted by atomic mass is 10.2. The minimum Gasteiger partial charge on any atom is -0.490 e. The normalized spacial score (nSPS) is 15.9. The van der Waals surface area contributed by atoms with Crippen LogP contribution in [0.5, 0.6) is 5.75 Å². The van der Waals surface area contributed by atoms with Gasteiger partial charge in [0.15, 0.2) is 11.6 Å². The van der Waals surface area contributed by atoms with Crippen molar-refractivity contribution < 1.29 is 9.84 Å². The second kappa shape index (κ2) is 5.86. The summed E-state index contributed by atoms with van der Waals surface area (Å²) in [6.07, 6.45) is 6.11. The summed E-state index contributed by atoms with van der Waals surface area (Å²) in [5.41, 5.74) is 5.80. The first-order valence-electron chi connectivity index (χ1n) is 6.30. The minimum atomic E-state index is 0.0869. The van der Waals surface area contributed by atoms with Gasteiger partial charge in [-0.1, -0.05) is 12.8 Å². The van der Waals surface area contributed by atoms with Crippen molar-refractivity contribution in [3.05, 3.63) is 6.33 Å². The molecule has 0 spiro atoms. The number of nitrogen functional groups attached to an aromatic ring is 1. The molecule has 0 radical (unpaired) electrons. The highest BCUT2D eigenvalue weighted by Crippen LogP contribution is 2.34. The zero-order valence-electron chi connectivity index (χ0n) is 10.7. The van der Waals surface area contributed by atoms with Gasteiger partial charge < -0.3 is 20.5 Å². The Kier molecular flexibility index (Phi) is 4.19. The van der Waals surface area contributed by atoms with E-state index in [0.717, 1.165) is 12.8 Å². The van der Waals surface area contributed by atoms with E-state index in [1.54, 1.807) is 7.11 Å². The number of rotatable bonds is 5. The largest absolute Gasteiger partial charge is 0.490 e. The van der Waals surface area contributed by atoms with Crippen LogP contribution in [0.1, 0.15) is 25.7 Å². The smallest absolute Gasteiger partial charge is 0.204 e. The molecule has 100 valence electrons. The highest BCUT2D eigenvalue weighted by atomic mass is 16.5. The third-order valence-electron chi connectivity index (χ3n) is 3.40. The predicted octanol–water partition coefficient (Wildman–Crippen LogP) is 0.809. The number of hydrogen-bond donors (Lipinski definition) is 2. The topological polar surface area (TPSA) is 84.5 Å². The van der Waals surface area contributed by atoms with Crippen molar-refractivity contribution in [3.63, 3.8) is 0 Å². The van der Waals surface area contributed by atoms with E-state index in [2.05, 4.69) is 14.9 Å². The van der Waals surface area contributed by atoms with Gasteiger partial charge in [-0.15, -0.1) is 0 Å². The van der Waals surface area contributed by atoms with Crippen molar-refractivity contribution >= 4 is 11.6 Å². The van der Waals surface area contributed by atoms with E-state index < -0.39 is 0 Å². The molecule has 1 heterocycles. The van der Waals surface area contributed by atoms with Crippen molar-refractivity contribution in [2.45, 2.75) is 31.7 Å². The predicted molar refractivity (Wildman–Crippen MR) is 69.7 cm³/mol. The second-order valence-electron chi connectivity index (χ2n) is 4.47. The summed E-state index contributed by atoms with van der Waals surface area (Å²) >= 11 is 0. The van der Waals surface area contributed by atoms with Crippen LogP contribution in [0.25, 0.3) is 0 Å². The van der Waals surface area contributed by atoms with Crippen LogP contribution in [0.4, 0.5) is 11.6 Å². The molecule has 0 bridgehead atoms. The Labute approximate surface area is 107 Å². The molecular formula is C12H20N4O2. The first kappa shape index (κ1) is 12.9. The van der Waals surface area contributed by atoms with Crippen LogP contribution in [0.3, 0.4) is 0 Å². The highest BCUT2D eigenvalue weighted by Gasteiger charge is 2.26. The van der Waals surface area contributed by atoms with E-state index in [4.69, 9.17) is 10.5 Å². The van der Waals surface area contributed by atoms with Crippen molar-refractivity contribution in [2.24, 2.45) is 0 Å². The fourth-order valence-electron chi connectivity index (χ4n) is 2.56. The van der Waals surface area contributed by atoms with Crippen LogP contribution in [-0.2, 0) is 0 Å². The van der Waals surface area contributed by atoms with Crippen LogP contribution in [0, 0.1) is 0 Å². The molecule has 1 aromatic rings. The maximum absolute atomic E-state index is 9.23. The monoisotopic (exact) mass is 252 g/mol. The minimum absolute atomic E-state index is 0.0869. The van der Waals surface area contributed by atoms with Gasteiger partial charge >= 0.3 is 0 Å². The Balaban J connectivity index is 2.32. The fraction of sp³-hybridized carbons (Fsp3) is 0.667. The standard InChI is InChI=1S/C12H20N4O2/c1-18-10-11(13)14-8-15-12(10)16(6-7-17)9-4-2-3-5-9/h8-9,17H,2-7H2,1H3,(H2,13,14,15). The van der Waals surface area contributed by atoms with Crippen molar-refractivity contribution in [3.8, 4) is 5.75 Å². The van der Waals surface area contributed by atoms with Gasteiger partial charge in [0, 0.05) is 12.6 Å². The number of methoxy groups -OCH3 is 1. The van der Waals surface area contributed by atoms with Gasteiger partial charge in [0.05, 0.1) is 13.7 Å². The maximum atomic E-state index is 9.23. The summed E-state index contributed by atoms with van der Waals surface area (Å²) in [5.74, 6) is 1.52. The molecule has 1 aromatic heterocycles. The van der Waals surface area contributed by atoms with E-state index in [1.165, 1.54) is 19.2 Å². The number of nitrogens with zero attached hydrogens (tertiary/aromatic N) is 3. The number of aliphatic hydroxyl groups excluding tert-OH is 1. The average molecular weight is 252 g/mol. The molecule has 0 atom stereocenters. The highest BCUT2D eigenvalue weighted by molar-refractivity contribution is 5.63. The molecule has 3 N–H and O–H groups in total. The van der Waals surface area contributed by atoms with E-state index >= 15 is 0 Å². The molecule has 2 rings (SSSR count). The third-order valence-corrected chi connectivity index (χ3v) is 3.40. The van der Waals surface area contributed by atoms with Gasteiger partial charge in [-0.25, -0.2) is 9.97 Å². The van der Waals surface area contributed by atoms with E-state index in [0.29, 0.717) is 30.0 Å². The Morgan fingerprint density at radius 2 is 2.17 bits per heavy atom. The molecule has 18 heavy (non-hydrogen) atoms. The molecule has 0 aromatic carbocycles. The van der Waals surface area contributed by atoms with Crippen LogP contribution >= 0.6 is 0 Å². The molecule has 0 unspecified atom stereocenters. The van der Waals surface area contributed by atoms with Gasteiger partial charge in [0.2, 0.25) is 5.75 Å². The SMILES string of the molecule is COc1c(N)ncnc1N(CCO)C1CCCC1. The summed E-state index contributed by atoms with van der Waals surface area (Å²) in [6, 6.07) is 0.403. The number of hydrogen-bond acceptors (Lipinski definition) is 6. The molecule has 1 aliphatic carbocycles. The Morgan fingerprint density at radius 3 is 2.78 bits per heavy atom. The molecule has 0 aliphatic heterocycles. The molecule has 6 nitrogen and oxygen atoms in total. The van der Waals surface area contributed by atoms with E-state index in [-0.39, 0.29) is 6.61 Å². The molecule has 0 saturated heterocycles. The molecular weight excluding hydrogens is 232 g/mol. The summed E-state index contributed by atoms with van der Waals surface area (Å²) in [7, 11) is 1.56.